The van der Waals surface area contributed by atoms with Gasteiger partial charge < -0.3 is 10.1 Å². The van der Waals surface area contributed by atoms with Crippen LogP contribution in [-0.2, 0) is 11.2 Å². The zero-order valence-electron chi connectivity index (χ0n) is 11.4. The van der Waals surface area contributed by atoms with Gasteiger partial charge in [-0.2, -0.15) is 0 Å². The number of fused-ring (bicyclic) bond motifs is 1. The van der Waals surface area contributed by atoms with Crippen molar-refractivity contribution in [2.75, 3.05) is 0 Å². The molecule has 0 radical (unpaired) electrons. The molecule has 102 valence electrons. The molecule has 1 amide bonds. The molecule has 1 N–H and O–H groups in total. The van der Waals surface area contributed by atoms with E-state index < -0.39 is 0 Å². The fourth-order valence-electron chi connectivity index (χ4n) is 3.13. The number of amides is 1. The van der Waals surface area contributed by atoms with E-state index in [1.165, 1.54) is 19.3 Å². The lowest BCUT2D eigenvalue weighted by atomic mass is 9.86. The highest BCUT2D eigenvalue weighted by atomic mass is 16.5. The minimum Gasteiger partial charge on any atom is -0.480 e. The number of hydrogen-bond donors (Lipinski definition) is 1. The second kappa shape index (κ2) is 5.24. The lowest BCUT2D eigenvalue weighted by Gasteiger charge is -2.30. The molecule has 1 heterocycles. The first-order chi connectivity index (χ1) is 9.24. The van der Waals surface area contributed by atoms with Crippen LogP contribution in [0.2, 0.25) is 0 Å². The van der Waals surface area contributed by atoms with Crippen LogP contribution >= 0.6 is 0 Å². The van der Waals surface area contributed by atoms with Crippen molar-refractivity contribution in [2.24, 2.45) is 5.92 Å². The molecule has 0 bridgehead atoms. The smallest absolute Gasteiger partial charge is 0.261 e. The number of nitrogens with one attached hydrogen (secondary N) is 1. The monoisotopic (exact) mass is 259 g/mol. The maximum Gasteiger partial charge on any atom is 0.261 e. The molecule has 3 heteroatoms. The van der Waals surface area contributed by atoms with Crippen LogP contribution in [0, 0.1) is 5.92 Å². The third-order valence-corrected chi connectivity index (χ3v) is 4.38. The average molecular weight is 259 g/mol. The lowest BCUT2D eigenvalue weighted by Crippen LogP contribution is -2.46. The number of hydrogen-bond acceptors (Lipinski definition) is 2. The summed E-state index contributed by atoms with van der Waals surface area (Å²) in [5.74, 6) is 1.50. The Kier molecular flexibility index (Phi) is 3.45. The van der Waals surface area contributed by atoms with Gasteiger partial charge in [0.1, 0.15) is 5.75 Å². The van der Waals surface area contributed by atoms with Gasteiger partial charge in [-0.25, -0.2) is 0 Å². The van der Waals surface area contributed by atoms with Crippen molar-refractivity contribution in [1.29, 1.82) is 0 Å². The second-order valence-electron chi connectivity index (χ2n) is 5.80. The SMILES string of the molecule is C[C@@H]1CCCC[C@@H]1NC(=O)[C@@H]1Cc2ccccc2O1. The summed E-state index contributed by atoms with van der Waals surface area (Å²) >= 11 is 0. The molecular weight excluding hydrogens is 238 g/mol. The Morgan fingerprint density at radius 3 is 2.84 bits per heavy atom. The van der Waals surface area contributed by atoms with Crippen LogP contribution < -0.4 is 10.1 Å². The average Bonchev–Trinajstić information content (AvgIpc) is 2.85. The molecule has 1 aromatic carbocycles. The Morgan fingerprint density at radius 1 is 1.26 bits per heavy atom. The Balaban J connectivity index is 1.60. The number of carbonyl (C=O) groups excluding carboxylic acids is 1. The molecule has 1 aliphatic heterocycles. The van der Waals surface area contributed by atoms with Gasteiger partial charge in [0.05, 0.1) is 0 Å². The fourth-order valence-corrected chi connectivity index (χ4v) is 3.13. The van der Waals surface area contributed by atoms with Crippen molar-refractivity contribution >= 4 is 5.91 Å². The highest BCUT2D eigenvalue weighted by Gasteiger charge is 2.31. The van der Waals surface area contributed by atoms with E-state index in [0.717, 1.165) is 17.7 Å². The number of rotatable bonds is 2. The maximum atomic E-state index is 12.3. The number of benzene rings is 1. The molecule has 3 rings (SSSR count). The number of para-hydroxylation sites is 1. The zero-order chi connectivity index (χ0) is 13.2. The highest BCUT2D eigenvalue weighted by Crippen LogP contribution is 2.29. The molecule has 0 aromatic heterocycles. The van der Waals surface area contributed by atoms with Crippen LogP contribution in [0.4, 0.5) is 0 Å². The van der Waals surface area contributed by atoms with E-state index in [1.807, 2.05) is 24.3 Å². The van der Waals surface area contributed by atoms with Gasteiger partial charge in [-0.15, -0.1) is 0 Å². The first-order valence-electron chi connectivity index (χ1n) is 7.29. The van der Waals surface area contributed by atoms with Gasteiger partial charge in [-0.1, -0.05) is 38.0 Å². The van der Waals surface area contributed by atoms with Crippen LogP contribution in [-0.4, -0.2) is 18.1 Å². The topological polar surface area (TPSA) is 38.3 Å². The van der Waals surface area contributed by atoms with E-state index in [0.29, 0.717) is 18.4 Å². The van der Waals surface area contributed by atoms with Gasteiger partial charge in [-0.3, -0.25) is 4.79 Å². The van der Waals surface area contributed by atoms with E-state index in [-0.39, 0.29) is 12.0 Å². The molecule has 3 atom stereocenters. The minimum atomic E-state index is -0.341. The van der Waals surface area contributed by atoms with E-state index >= 15 is 0 Å². The van der Waals surface area contributed by atoms with Crippen LogP contribution in [0.5, 0.6) is 5.75 Å². The summed E-state index contributed by atoms with van der Waals surface area (Å²) < 4.78 is 5.73. The van der Waals surface area contributed by atoms with E-state index in [4.69, 9.17) is 4.74 Å². The van der Waals surface area contributed by atoms with Crippen molar-refractivity contribution in [3.05, 3.63) is 29.8 Å². The van der Waals surface area contributed by atoms with Crippen LogP contribution in [0.25, 0.3) is 0 Å². The van der Waals surface area contributed by atoms with Crippen molar-refractivity contribution in [3.8, 4) is 5.75 Å². The van der Waals surface area contributed by atoms with Crippen molar-refractivity contribution < 1.29 is 9.53 Å². The molecule has 1 aromatic rings. The second-order valence-corrected chi connectivity index (χ2v) is 5.80. The van der Waals surface area contributed by atoms with E-state index in [1.54, 1.807) is 0 Å². The van der Waals surface area contributed by atoms with Gasteiger partial charge in [0, 0.05) is 12.5 Å². The first-order valence-corrected chi connectivity index (χ1v) is 7.29. The van der Waals surface area contributed by atoms with Gasteiger partial charge in [-0.05, 0) is 30.4 Å². The maximum absolute atomic E-state index is 12.3. The third kappa shape index (κ3) is 2.60. The normalized spacial score (nSPS) is 29.4. The Hall–Kier alpha value is -1.51. The molecular formula is C16H21NO2. The van der Waals surface area contributed by atoms with Crippen molar-refractivity contribution in [2.45, 2.75) is 51.2 Å². The summed E-state index contributed by atoms with van der Waals surface area (Å²) in [4.78, 5) is 12.3. The third-order valence-electron chi connectivity index (χ3n) is 4.38. The van der Waals surface area contributed by atoms with Crippen LogP contribution in [0.15, 0.2) is 24.3 Å². The van der Waals surface area contributed by atoms with Gasteiger partial charge in [0.2, 0.25) is 0 Å². The number of ether oxygens (including phenoxy) is 1. The molecule has 0 saturated heterocycles. The first kappa shape index (κ1) is 12.5. The van der Waals surface area contributed by atoms with Crippen LogP contribution in [0.3, 0.4) is 0 Å². The molecule has 3 nitrogen and oxygen atoms in total. The number of carbonyl (C=O) groups is 1. The predicted octanol–water partition coefficient (Wildman–Crippen LogP) is 2.69. The lowest BCUT2D eigenvalue weighted by molar-refractivity contribution is -0.128. The molecule has 0 unspecified atom stereocenters. The van der Waals surface area contributed by atoms with Crippen molar-refractivity contribution in [3.63, 3.8) is 0 Å². The van der Waals surface area contributed by atoms with Crippen LogP contribution in [0.1, 0.15) is 38.2 Å². The van der Waals surface area contributed by atoms with Crippen molar-refractivity contribution in [1.82, 2.24) is 5.32 Å². The summed E-state index contributed by atoms with van der Waals surface area (Å²) in [5.41, 5.74) is 1.14. The Bertz CT molecular complexity index is 447. The minimum absolute atomic E-state index is 0.0509. The summed E-state index contributed by atoms with van der Waals surface area (Å²) in [6.45, 7) is 2.23. The fraction of sp³-hybridized carbons (Fsp3) is 0.562. The molecule has 2 aliphatic rings. The quantitative estimate of drug-likeness (QED) is 0.886. The molecule has 19 heavy (non-hydrogen) atoms. The Morgan fingerprint density at radius 2 is 2.05 bits per heavy atom. The summed E-state index contributed by atoms with van der Waals surface area (Å²) in [6, 6.07) is 8.24. The zero-order valence-corrected chi connectivity index (χ0v) is 11.4. The highest BCUT2D eigenvalue weighted by molar-refractivity contribution is 5.82. The summed E-state index contributed by atoms with van der Waals surface area (Å²) in [5, 5.41) is 3.18. The van der Waals surface area contributed by atoms with Gasteiger partial charge >= 0.3 is 0 Å². The largest absolute Gasteiger partial charge is 0.480 e. The predicted molar refractivity (Wildman–Crippen MR) is 74.1 cm³/mol. The molecule has 1 fully saturated rings. The standard InChI is InChI=1S/C16H21NO2/c1-11-6-2-4-8-13(11)17-16(18)15-10-12-7-3-5-9-14(12)19-15/h3,5,7,9,11,13,15H,2,4,6,8,10H2,1H3,(H,17,18)/t11-,13+,15+/m1/s1. The molecule has 1 saturated carbocycles. The van der Waals surface area contributed by atoms with Gasteiger partial charge in [0.25, 0.3) is 5.91 Å². The molecule has 1 aliphatic carbocycles. The van der Waals surface area contributed by atoms with E-state index in [2.05, 4.69) is 12.2 Å². The summed E-state index contributed by atoms with van der Waals surface area (Å²) in [7, 11) is 0. The molecule has 0 spiro atoms. The summed E-state index contributed by atoms with van der Waals surface area (Å²) in [6.07, 6.45) is 5.19. The van der Waals surface area contributed by atoms with Gasteiger partial charge in [0.15, 0.2) is 6.10 Å². The Labute approximate surface area is 114 Å². The van der Waals surface area contributed by atoms with E-state index in [9.17, 15) is 4.79 Å².